The summed E-state index contributed by atoms with van der Waals surface area (Å²) in [5.74, 6) is 7.28. The molecule has 4 rings (SSSR count). The second-order valence-electron chi connectivity index (χ2n) is 12.5. The number of aliphatic hydroxyl groups is 1. The van der Waals surface area contributed by atoms with Crippen LogP contribution in [0.5, 0.6) is 11.5 Å². The number of nitrogens with zero attached hydrogens (tertiary/aromatic N) is 1. The molecule has 2 aromatic rings. The van der Waals surface area contributed by atoms with Gasteiger partial charge in [-0.3, -0.25) is 9.79 Å². The van der Waals surface area contributed by atoms with Crippen LogP contribution in [0.4, 0.5) is 0 Å². The van der Waals surface area contributed by atoms with Gasteiger partial charge < -0.3 is 36.1 Å². The number of phenols is 1. The molecule has 45 heavy (non-hydrogen) atoms. The molecule has 1 aliphatic heterocycles. The summed E-state index contributed by atoms with van der Waals surface area (Å²) in [5.41, 5.74) is 7.77. The number of piperidine rings is 1. The first kappa shape index (κ1) is 34.1. The van der Waals surface area contributed by atoms with Crippen LogP contribution in [0, 0.1) is 23.2 Å². The first-order valence-electron chi connectivity index (χ1n) is 16.3. The van der Waals surface area contributed by atoms with Crippen molar-refractivity contribution >= 4 is 11.9 Å². The highest BCUT2D eigenvalue weighted by molar-refractivity contribution is 5.77. The first-order chi connectivity index (χ1) is 21.7. The molecule has 0 spiro atoms. The van der Waals surface area contributed by atoms with Crippen LogP contribution in [0.1, 0.15) is 69.9 Å². The zero-order chi connectivity index (χ0) is 32.2. The van der Waals surface area contributed by atoms with Gasteiger partial charge in [0.1, 0.15) is 12.2 Å². The molecule has 1 heterocycles. The molecule has 1 saturated heterocycles. The molecule has 0 aromatic heterocycles. The maximum Gasteiger partial charge on any atom is 0.302 e. The molecule has 244 valence electrons. The highest BCUT2D eigenvalue weighted by Gasteiger charge is 2.32. The minimum Gasteiger partial charge on any atom is -0.504 e. The number of benzene rings is 2. The third-order valence-corrected chi connectivity index (χ3v) is 9.13. The van der Waals surface area contributed by atoms with E-state index in [1.807, 2.05) is 18.2 Å². The fourth-order valence-corrected chi connectivity index (χ4v) is 6.40. The van der Waals surface area contributed by atoms with E-state index in [0.717, 1.165) is 37.8 Å². The van der Waals surface area contributed by atoms with E-state index in [2.05, 4.69) is 58.7 Å². The maximum atomic E-state index is 12.1. The average Bonchev–Trinajstić information content (AvgIpc) is 3.03. The van der Waals surface area contributed by atoms with Gasteiger partial charge in [0, 0.05) is 50.7 Å². The molecule has 2 aromatic carbocycles. The van der Waals surface area contributed by atoms with Crippen molar-refractivity contribution in [3.8, 4) is 23.3 Å². The van der Waals surface area contributed by atoms with Crippen LogP contribution in [-0.2, 0) is 22.4 Å². The van der Waals surface area contributed by atoms with Crippen LogP contribution in [0.2, 0.25) is 0 Å². The zero-order valence-corrected chi connectivity index (χ0v) is 26.9. The zero-order valence-electron chi connectivity index (χ0n) is 26.9. The van der Waals surface area contributed by atoms with E-state index < -0.39 is 12.2 Å². The Hall–Kier alpha value is -3.74. The summed E-state index contributed by atoms with van der Waals surface area (Å²) in [6.45, 7) is 4.88. The first-order valence-corrected chi connectivity index (χ1v) is 16.3. The lowest BCUT2D eigenvalue weighted by Crippen LogP contribution is -2.43. The third-order valence-electron chi connectivity index (χ3n) is 9.13. The molecule has 0 amide bonds. The lowest BCUT2D eigenvalue weighted by Gasteiger charge is -2.33. The van der Waals surface area contributed by atoms with Gasteiger partial charge in [0.25, 0.3) is 0 Å². The number of aliphatic imine (C=N–C) groups is 1. The number of nitrogens with one attached hydrogen (secondary N) is 2. The number of rotatable bonds is 10. The standard InChI is InChI=1S/C36H50N4O5/c1-4-36(24-40-35(37)38-3)16-8-11-28(33(44-25(2)41)23-30(42)14-17-36)19-27-12-13-32(43)34(21-27)45-31-15-18-39-29(22-31)20-26-9-6-5-7-10-26/h5-7,9-10,12-13,21,28-31,33,39,42-43H,4,11,14-15,17-20,22-24H2,1-3H3,(H3,37,38,40)/t28-,29+,30-,31-,33-,36-/m0/s1. The molecule has 9 heteroatoms. The number of phenolic OH excluding ortho intramolecular Hbond substituents is 1. The number of nitrogens with two attached hydrogens (primary N) is 1. The molecule has 0 unspecified atom stereocenters. The van der Waals surface area contributed by atoms with Crippen LogP contribution >= 0.6 is 0 Å². The third kappa shape index (κ3) is 10.4. The molecular weight excluding hydrogens is 568 g/mol. The number of esters is 1. The van der Waals surface area contributed by atoms with Crippen LogP contribution < -0.4 is 21.1 Å². The number of hydrogen-bond donors (Lipinski definition) is 5. The van der Waals surface area contributed by atoms with E-state index in [0.29, 0.717) is 56.4 Å². The van der Waals surface area contributed by atoms with Gasteiger partial charge in [0.05, 0.1) is 6.10 Å². The van der Waals surface area contributed by atoms with Gasteiger partial charge in [-0.2, -0.15) is 0 Å². The number of carbonyl (C=O) groups excluding carboxylic acids is 1. The van der Waals surface area contributed by atoms with Crippen molar-refractivity contribution in [2.24, 2.45) is 22.1 Å². The number of aliphatic hydroxyl groups excluding tert-OH is 1. The van der Waals surface area contributed by atoms with Gasteiger partial charge in [-0.25, -0.2) is 0 Å². The monoisotopic (exact) mass is 618 g/mol. The van der Waals surface area contributed by atoms with Crippen molar-refractivity contribution in [1.29, 1.82) is 0 Å². The van der Waals surface area contributed by atoms with Gasteiger partial charge in [0.2, 0.25) is 0 Å². The summed E-state index contributed by atoms with van der Waals surface area (Å²) < 4.78 is 12.2. The smallest absolute Gasteiger partial charge is 0.302 e. The Morgan fingerprint density at radius 3 is 2.69 bits per heavy atom. The van der Waals surface area contributed by atoms with Crippen molar-refractivity contribution in [3.05, 3.63) is 59.7 Å². The Morgan fingerprint density at radius 1 is 1.16 bits per heavy atom. The van der Waals surface area contributed by atoms with Crippen LogP contribution in [0.15, 0.2) is 53.5 Å². The molecular formula is C36H50N4O5. The van der Waals surface area contributed by atoms with Crippen molar-refractivity contribution in [2.75, 3.05) is 20.1 Å². The molecule has 0 saturated carbocycles. The summed E-state index contributed by atoms with van der Waals surface area (Å²) in [5, 5.41) is 28.6. The van der Waals surface area contributed by atoms with Crippen molar-refractivity contribution in [2.45, 2.75) is 96.0 Å². The summed E-state index contributed by atoms with van der Waals surface area (Å²) >= 11 is 0. The van der Waals surface area contributed by atoms with Gasteiger partial charge >= 0.3 is 5.97 Å². The Balaban J connectivity index is 1.51. The summed E-state index contributed by atoms with van der Waals surface area (Å²) in [7, 11) is 1.64. The molecule has 6 atom stereocenters. The van der Waals surface area contributed by atoms with Gasteiger partial charge in [0.15, 0.2) is 17.5 Å². The van der Waals surface area contributed by atoms with E-state index in [1.54, 1.807) is 13.1 Å². The highest BCUT2D eigenvalue weighted by atomic mass is 16.5. The van der Waals surface area contributed by atoms with E-state index in [4.69, 9.17) is 15.2 Å². The fourth-order valence-electron chi connectivity index (χ4n) is 6.40. The Morgan fingerprint density at radius 2 is 1.96 bits per heavy atom. The summed E-state index contributed by atoms with van der Waals surface area (Å²) in [6, 6.07) is 16.2. The molecule has 6 N–H and O–H groups in total. The lowest BCUT2D eigenvalue weighted by molar-refractivity contribution is -0.151. The quantitative estimate of drug-likeness (QED) is 0.116. The van der Waals surface area contributed by atoms with Crippen LogP contribution in [-0.4, -0.2) is 66.6 Å². The molecule has 2 aliphatic rings. The minimum atomic E-state index is -0.651. The Labute approximate surface area is 268 Å². The molecule has 1 fully saturated rings. The number of hydrogen-bond acceptors (Lipinski definition) is 7. The predicted molar refractivity (Wildman–Crippen MR) is 177 cm³/mol. The normalized spacial score (nSPS) is 27.5. The van der Waals surface area contributed by atoms with Gasteiger partial charge in [-0.15, -0.1) is 5.92 Å². The van der Waals surface area contributed by atoms with E-state index in [1.165, 1.54) is 12.5 Å². The fraction of sp³-hybridized carbons (Fsp3) is 0.556. The second kappa shape index (κ2) is 16.5. The second-order valence-corrected chi connectivity index (χ2v) is 12.5. The summed E-state index contributed by atoms with van der Waals surface area (Å²) in [6.07, 6.45) is 4.80. The average molecular weight is 619 g/mol. The van der Waals surface area contributed by atoms with Crippen LogP contribution in [0.3, 0.4) is 0 Å². The topological polar surface area (TPSA) is 138 Å². The van der Waals surface area contributed by atoms with E-state index in [-0.39, 0.29) is 29.2 Å². The largest absolute Gasteiger partial charge is 0.504 e. The number of guanidine groups is 1. The molecule has 9 nitrogen and oxygen atoms in total. The number of carbonyl (C=O) groups is 1. The predicted octanol–water partition coefficient (Wildman–Crippen LogP) is 4.09. The number of ether oxygens (including phenoxy) is 2. The van der Waals surface area contributed by atoms with Gasteiger partial charge in [-0.05, 0) is 74.8 Å². The van der Waals surface area contributed by atoms with E-state index >= 15 is 0 Å². The molecule has 0 radical (unpaired) electrons. The minimum absolute atomic E-state index is 0.0212. The maximum absolute atomic E-state index is 12.1. The Bertz CT molecular complexity index is 1340. The van der Waals surface area contributed by atoms with Crippen LogP contribution in [0.25, 0.3) is 0 Å². The summed E-state index contributed by atoms with van der Waals surface area (Å²) in [4.78, 5) is 16.1. The molecule has 1 aliphatic carbocycles. The SMILES string of the molecule is CC[C@]1(CNC(N)=NC)C#CC[C@@H](Cc2ccc(O)c(O[C@H]3CCN[C@H](Cc4ccccc4)C3)c2)[C@@H](OC(C)=O)C[C@@H](O)CC1. The van der Waals surface area contributed by atoms with E-state index in [9.17, 15) is 15.0 Å². The molecule has 0 bridgehead atoms. The number of aromatic hydroxyl groups is 1. The lowest BCUT2D eigenvalue weighted by atomic mass is 9.77. The highest BCUT2D eigenvalue weighted by Crippen LogP contribution is 2.34. The van der Waals surface area contributed by atoms with Gasteiger partial charge in [-0.1, -0.05) is 49.2 Å². The van der Waals surface area contributed by atoms with Crippen molar-refractivity contribution in [1.82, 2.24) is 10.6 Å². The van der Waals surface area contributed by atoms with Crippen molar-refractivity contribution in [3.63, 3.8) is 0 Å². The van der Waals surface area contributed by atoms with Crippen molar-refractivity contribution < 1.29 is 24.5 Å². The Kier molecular flexibility index (Phi) is 12.5.